The minimum absolute atomic E-state index is 0. The molecule has 0 radical (unpaired) electrons. The van der Waals surface area contributed by atoms with E-state index in [1.165, 1.54) is 12.8 Å². The van der Waals surface area contributed by atoms with Crippen molar-refractivity contribution in [3.05, 3.63) is 29.8 Å². The van der Waals surface area contributed by atoms with Crippen LogP contribution in [0.1, 0.15) is 37.8 Å². The van der Waals surface area contributed by atoms with Crippen molar-refractivity contribution < 1.29 is 5.11 Å². The summed E-state index contributed by atoms with van der Waals surface area (Å²) >= 11 is 0. The Morgan fingerprint density at radius 1 is 1.20 bits per heavy atom. The summed E-state index contributed by atoms with van der Waals surface area (Å²) in [6, 6.07) is 8.16. The lowest BCUT2D eigenvalue weighted by Gasteiger charge is -2.35. The van der Waals surface area contributed by atoms with Gasteiger partial charge in [-0.05, 0) is 12.5 Å². The summed E-state index contributed by atoms with van der Waals surface area (Å²) in [6.07, 6.45) is 3.55. The van der Waals surface area contributed by atoms with Crippen molar-refractivity contribution in [3.8, 4) is 5.75 Å². The number of halogens is 2. The molecule has 0 bridgehead atoms. The van der Waals surface area contributed by atoms with Gasteiger partial charge in [-0.3, -0.25) is 4.90 Å². The highest BCUT2D eigenvalue weighted by molar-refractivity contribution is 5.85. The second-order valence-electron chi connectivity index (χ2n) is 5.00. The second-order valence-corrected chi connectivity index (χ2v) is 5.00. The molecule has 0 aliphatic carbocycles. The number of nitrogens with one attached hydrogen (secondary N) is 1. The third-order valence-electron chi connectivity index (χ3n) is 3.72. The molecule has 0 amide bonds. The molecule has 1 heterocycles. The smallest absolute Gasteiger partial charge is 0.120 e. The second kappa shape index (κ2) is 10.3. The first-order chi connectivity index (χ1) is 8.83. The third-order valence-corrected chi connectivity index (χ3v) is 3.72. The van der Waals surface area contributed by atoms with Crippen molar-refractivity contribution in [1.29, 1.82) is 0 Å². The SMILES string of the molecule is CCCC[C@@H](c1ccccc1O)N1CCNCC1.Cl.Cl. The number of unbranched alkanes of at least 4 members (excludes halogenated alkanes) is 1. The zero-order chi connectivity index (χ0) is 12.8. The highest BCUT2D eigenvalue weighted by Crippen LogP contribution is 2.32. The quantitative estimate of drug-likeness (QED) is 0.873. The van der Waals surface area contributed by atoms with Crippen LogP contribution < -0.4 is 5.32 Å². The lowest BCUT2D eigenvalue weighted by molar-refractivity contribution is 0.160. The van der Waals surface area contributed by atoms with E-state index in [1.54, 1.807) is 6.07 Å². The van der Waals surface area contributed by atoms with Crippen molar-refractivity contribution in [2.75, 3.05) is 26.2 Å². The van der Waals surface area contributed by atoms with Crippen LogP contribution in [0.4, 0.5) is 0 Å². The fraction of sp³-hybridized carbons (Fsp3) is 0.600. The summed E-state index contributed by atoms with van der Waals surface area (Å²) in [7, 11) is 0. The Bertz CT molecular complexity index is 371. The monoisotopic (exact) mass is 320 g/mol. The molecule has 1 aromatic carbocycles. The van der Waals surface area contributed by atoms with Gasteiger partial charge in [0.15, 0.2) is 0 Å². The van der Waals surface area contributed by atoms with Gasteiger partial charge in [-0.2, -0.15) is 0 Å². The van der Waals surface area contributed by atoms with Gasteiger partial charge >= 0.3 is 0 Å². The first-order valence-corrected chi connectivity index (χ1v) is 7.05. The van der Waals surface area contributed by atoms with Crippen LogP contribution in [-0.4, -0.2) is 36.2 Å². The van der Waals surface area contributed by atoms with Gasteiger partial charge < -0.3 is 10.4 Å². The molecular weight excluding hydrogens is 295 g/mol. The highest BCUT2D eigenvalue weighted by Gasteiger charge is 2.23. The number of para-hydroxylation sites is 1. The fourth-order valence-corrected chi connectivity index (χ4v) is 2.70. The van der Waals surface area contributed by atoms with Crippen molar-refractivity contribution in [3.63, 3.8) is 0 Å². The van der Waals surface area contributed by atoms with Crippen LogP contribution in [0.15, 0.2) is 24.3 Å². The first kappa shape index (κ1) is 19.5. The lowest BCUT2D eigenvalue weighted by atomic mass is 9.98. The molecule has 1 aliphatic rings. The number of aromatic hydroxyl groups is 1. The number of phenols is 1. The predicted octanol–water partition coefficient (Wildman–Crippen LogP) is 3.37. The average Bonchev–Trinajstić information content (AvgIpc) is 2.42. The van der Waals surface area contributed by atoms with Crippen LogP contribution in [0.3, 0.4) is 0 Å². The summed E-state index contributed by atoms with van der Waals surface area (Å²) in [5, 5.41) is 13.5. The molecule has 0 unspecified atom stereocenters. The number of phenolic OH excluding ortho intramolecular Hbond substituents is 1. The van der Waals surface area contributed by atoms with E-state index in [1.807, 2.05) is 12.1 Å². The van der Waals surface area contributed by atoms with Crippen LogP contribution >= 0.6 is 24.8 Å². The molecule has 1 saturated heterocycles. The summed E-state index contributed by atoms with van der Waals surface area (Å²) in [4.78, 5) is 2.50. The van der Waals surface area contributed by atoms with E-state index < -0.39 is 0 Å². The van der Waals surface area contributed by atoms with E-state index in [2.05, 4.69) is 23.2 Å². The van der Waals surface area contributed by atoms with Gasteiger partial charge in [0.1, 0.15) is 5.75 Å². The van der Waals surface area contributed by atoms with Crippen molar-refractivity contribution in [1.82, 2.24) is 10.2 Å². The molecule has 1 aromatic rings. The highest BCUT2D eigenvalue weighted by atomic mass is 35.5. The van der Waals surface area contributed by atoms with Crippen LogP contribution in [0, 0.1) is 0 Å². The Balaban J connectivity index is 0.00000180. The summed E-state index contributed by atoms with van der Waals surface area (Å²) in [5.74, 6) is 0.442. The Labute approximate surface area is 134 Å². The zero-order valence-corrected chi connectivity index (χ0v) is 13.7. The lowest BCUT2D eigenvalue weighted by Crippen LogP contribution is -2.45. The van der Waals surface area contributed by atoms with Gasteiger partial charge in [0.05, 0.1) is 0 Å². The van der Waals surface area contributed by atoms with Crippen LogP contribution in [0.2, 0.25) is 0 Å². The van der Waals surface area contributed by atoms with Gasteiger partial charge in [-0.15, -0.1) is 24.8 Å². The Kier molecular flexibility index (Phi) is 10.0. The van der Waals surface area contributed by atoms with E-state index in [-0.39, 0.29) is 24.8 Å². The standard InChI is InChI=1S/C15H24N2O.2ClH/c1-2-3-7-14(17-11-9-16-10-12-17)13-6-4-5-8-15(13)18;;/h4-6,8,14,16,18H,2-3,7,9-12H2,1H3;2*1H/t14-;;/m0../s1. The zero-order valence-electron chi connectivity index (χ0n) is 12.0. The van der Waals surface area contributed by atoms with E-state index in [0.717, 1.165) is 38.2 Å². The van der Waals surface area contributed by atoms with Crippen molar-refractivity contribution in [2.24, 2.45) is 0 Å². The number of nitrogens with zero attached hydrogens (tertiary/aromatic N) is 1. The number of hydrogen-bond donors (Lipinski definition) is 2. The molecule has 0 spiro atoms. The Morgan fingerprint density at radius 3 is 2.45 bits per heavy atom. The van der Waals surface area contributed by atoms with Gasteiger partial charge in [0.2, 0.25) is 0 Å². The van der Waals surface area contributed by atoms with Crippen LogP contribution in [0.25, 0.3) is 0 Å². The van der Waals surface area contributed by atoms with E-state index in [4.69, 9.17) is 0 Å². The molecule has 1 aliphatic heterocycles. The largest absolute Gasteiger partial charge is 0.508 e. The molecule has 1 fully saturated rings. The van der Waals surface area contributed by atoms with Crippen LogP contribution in [0.5, 0.6) is 5.75 Å². The maximum atomic E-state index is 10.1. The average molecular weight is 321 g/mol. The number of piperazine rings is 1. The Hall–Kier alpha value is -0.480. The molecule has 2 rings (SSSR count). The predicted molar refractivity (Wildman–Crippen MR) is 89.3 cm³/mol. The molecule has 0 saturated carbocycles. The van der Waals surface area contributed by atoms with Gasteiger partial charge in [0.25, 0.3) is 0 Å². The van der Waals surface area contributed by atoms with Gasteiger partial charge in [-0.1, -0.05) is 38.0 Å². The summed E-state index contributed by atoms with van der Waals surface area (Å²) in [5.41, 5.74) is 1.09. The summed E-state index contributed by atoms with van der Waals surface area (Å²) < 4.78 is 0. The van der Waals surface area contributed by atoms with Crippen LogP contribution in [-0.2, 0) is 0 Å². The van der Waals surface area contributed by atoms with E-state index in [0.29, 0.717) is 11.8 Å². The molecule has 0 aromatic heterocycles. The van der Waals surface area contributed by atoms with Gasteiger partial charge in [-0.25, -0.2) is 0 Å². The normalized spacial score (nSPS) is 16.9. The van der Waals surface area contributed by atoms with Gasteiger partial charge in [0, 0.05) is 37.8 Å². The molecule has 20 heavy (non-hydrogen) atoms. The van der Waals surface area contributed by atoms with Crippen molar-refractivity contribution >= 4 is 24.8 Å². The third kappa shape index (κ3) is 5.13. The molecule has 116 valence electrons. The molecular formula is C15H26Cl2N2O. The van der Waals surface area contributed by atoms with E-state index >= 15 is 0 Å². The maximum Gasteiger partial charge on any atom is 0.120 e. The maximum absolute atomic E-state index is 10.1. The van der Waals surface area contributed by atoms with Crippen molar-refractivity contribution in [2.45, 2.75) is 32.2 Å². The Morgan fingerprint density at radius 2 is 1.85 bits per heavy atom. The molecule has 2 N–H and O–H groups in total. The minimum Gasteiger partial charge on any atom is -0.508 e. The number of hydrogen-bond acceptors (Lipinski definition) is 3. The fourth-order valence-electron chi connectivity index (χ4n) is 2.70. The summed E-state index contributed by atoms with van der Waals surface area (Å²) in [6.45, 7) is 6.47. The number of benzene rings is 1. The number of rotatable bonds is 5. The minimum atomic E-state index is 0. The molecule has 1 atom stereocenters. The van der Waals surface area contributed by atoms with E-state index in [9.17, 15) is 5.11 Å². The first-order valence-electron chi connectivity index (χ1n) is 7.05. The molecule has 5 heteroatoms. The molecule has 3 nitrogen and oxygen atoms in total. The topological polar surface area (TPSA) is 35.5 Å².